The van der Waals surface area contributed by atoms with Crippen LogP contribution >= 0.6 is 0 Å². The van der Waals surface area contributed by atoms with Gasteiger partial charge >= 0.3 is 6.01 Å². The summed E-state index contributed by atoms with van der Waals surface area (Å²) in [6.45, 7) is 7.48. The summed E-state index contributed by atoms with van der Waals surface area (Å²) < 4.78 is 39.2. The molecule has 0 aliphatic rings. The van der Waals surface area contributed by atoms with Crippen molar-refractivity contribution in [2.75, 3.05) is 11.8 Å². The minimum atomic E-state index is -3.82. The normalized spacial score (nSPS) is 11.2. The molecule has 0 amide bonds. The van der Waals surface area contributed by atoms with Crippen molar-refractivity contribution in [3.63, 3.8) is 0 Å². The molecular formula is C21H23N3O4S. The Morgan fingerprint density at radius 2 is 1.45 bits per heavy atom. The third-order valence-corrected chi connectivity index (χ3v) is 5.75. The first kappa shape index (κ1) is 20.6. The largest absolute Gasteiger partial charge is 0.495 e. The topological polar surface area (TPSA) is 90.4 Å². The van der Waals surface area contributed by atoms with Crippen molar-refractivity contribution >= 4 is 15.7 Å². The van der Waals surface area contributed by atoms with Crippen LogP contribution in [-0.4, -0.2) is 25.5 Å². The first-order chi connectivity index (χ1) is 13.7. The van der Waals surface area contributed by atoms with E-state index in [0.29, 0.717) is 17.2 Å². The molecule has 0 saturated heterocycles. The summed E-state index contributed by atoms with van der Waals surface area (Å²) in [6, 6.07) is 11.9. The molecule has 0 aliphatic heterocycles. The van der Waals surface area contributed by atoms with Gasteiger partial charge in [-0.3, -0.25) is 4.72 Å². The zero-order valence-electron chi connectivity index (χ0n) is 17.0. The number of methoxy groups -OCH3 is 1. The van der Waals surface area contributed by atoms with Gasteiger partial charge in [0.2, 0.25) is 0 Å². The molecule has 0 atom stereocenters. The van der Waals surface area contributed by atoms with E-state index in [4.69, 9.17) is 9.47 Å². The Hall–Kier alpha value is -3.13. The lowest BCUT2D eigenvalue weighted by Crippen LogP contribution is -2.14. The van der Waals surface area contributed by atoms with Gasteiger partial charge in [0.1, 0.15) is 16.4 Å². The number of hydrogen-bond acceptors (Lipinski definition) is 6. The Kier molecular flexibility index (Phi) is 5.74. The molecular weight excluding hydrogens is 390 g/mol. The summed E-state index contributed by atoms with van der Waals surface area (Å²) in [6.07, 6.45) is 0. The number of ether oxygens (including phenoxy) is 2. The van der Waals surface area contributed by atoms with Crippen LogP contribution in [0.25, 0.3) is 0 Å². The van der Waals surface area contributed by atoms with E-state index in [0.717, 1.165) is 22.5 Å². The molecule has 0 aliphatic carbocycles. The molecule has 0 saturated carbocycles. The average Bonchev–Trinajstić information content (AvgIpc) is 2.64. The molecule has 0 spiro atoms. The molecule has 0 radical (unpaired) electrons. The van der Waals surface area contributed by atoms with E-state index in [2.05, 4.69) is 14.7 Å². The van der Waals surface area contributed by atoms with Crippen molar-refractivity contribution < 1.29 is 17.9 Å². The van der Waals surface area contributed by atoms with Crippen molar-refractivity contribution in [2.24, 2.45) is 0 Å². The van der Waals surface area contributed by atoms with Crippen molar-refractivity contribution in [2.45, 2.75) is 32.6 Å². The number of nitrogens with zero attached hydrogens (tertiary/aromatic N) is 2. The molecule has 3 aromatic rings. The highest BCUT2D eigenvalue weighted by molar-refractivity contribution is 7.92. The highest BCUT2D eigenvalue weighted by Crippen LogP contribution is 2.29. The Balaban J connectivity index is 1.81. The zero-order chi connectivity index (χ0) is 21.2. The molecule has 8 heteroatoms. The molecule has 7 nitrogen and oxygen atoms in total. The van der Waals surface area contributed by atoms with E-state index < -0.39 is 10.0 Å². The molecule has 0 fully saturated rings. The summed E-state index contributed by atoms with van der Waals surface area (Å²) >= 11 is 0. The van der Waals surface area contributed by atoms with Crippen LogP contribution in [0.15, 0.2) is 47.4 Å². The molecule has 1 aromatic heterocycles. The molecule has 1 N–H and O–H groups in total. The molecule has 0 bridgehead atoms. The lowest BCUT2D eigenvalue weighted by Gasteiger charge is -2.14. The van der Waals surface area contributed by atoms with Gasteiger partial charge in [-0.2, -0.15) is 0 Å². The summed E-state index contributed by atoms with van der Waals surface area (Å²) in [4.78, 5) is 8.54. The summed E-state index contributed by atoms with van der Waals surface area (Å²) in [5.41, 5.74) is 3.83. The third kappa shape index (κ3) is 4.83. The number of sulfonamides is 1. The van der Waals surface area contributed by atoms with E-state index in [9.17, 15) is 8.42 Å². The molecule has 29 heavy (non-hydrogen) atoms. The van der Waals surface area contributed by atoms with Gasteiger partial charge in [0, 0.05) is 17.1 Å². The van der Waals surface area contributed by atoms with Crippen LogP contribution in [0.2, 0.25) is 0 Å². The van der Waals surface area contributed by atoms with Crippen molar-refractivity contribution in [3.8, 4) is 17.5 Å². The summed E-state index contributed by atoms with van der Waals surface area (Å²) in [7, 11) is -2.37. The van der Waals surface area contributed by atoms with E-state index in [-0.39, 0.29) is 10.9 Å². The monoisotopic (exact) mass is 413 g/mol. The highest BCUT2D eigenvalue weighted by Gasteiger charge is 2.21. The summed E-state index contributed by atoms with van der Waals surface area (Å²) in [5, 5.41) is 0. The Bertz CT molecular complexity index is 1120. The van der Waals surface area contributed by atoms with Crippen molar-refractivity contribution in [1.82, 2.24) is 9.97 Å². The van der Waals surface area contributed by atoms with Gasteiger partial charge < -0.3 is 9.47 Å². The van der Waals surface area contributed by atoms with Crippen LogP contribution in [0.4, 0.5) is 5.69 Å². The molecule has 1 heterocycles. The van der Waals surface area contributed by atoms with E-state index in [1.165, 1.54) is 7.11 Å². The average molecular weight is 413 g/mol. The van der Waals surface area contributed by atoms with Gasteiger partial charge in [-0.05, 0) is 81.3 Å². The predicted octanol–water partition coefficient (Wildman–Crippen LogP) is 4.31. The number of rotatable bonds is 6. The molecule has 3 rings (SSSR count). The fourth-order valence-corrected chi connectivity index (χ4v) is 4.07. The second-order valence-corrected chi connectivity index (χ2v) is 8.40. The zero-order valence-corrected chi connectivity index (χ0v) is 17.8. The SMILES string of the molecule is COc1cc(C)c(C)cc1S(=O)(=O)Nc1ccc(Oc2nc(C)cc(C)n2)cc1. The van der Waals surface area contributed by atoms with Gasteiger partial charge in [0.05, 0.1) is 7.11 Å². The lowest BCUT2D eigenvalue weighted by molar-refractivity contribution is 0.402. The summed E-state index contributed by atoms with van der Waals surface area (Å²) in [5.74, 6) is 0.800. The van der Waals surface area contributed by atoms with Gasteiger partial charge in [0.25, 0.3) is 10.0 Å². The van der Waals surface area contributed by atoms with E-state index >= 15 is 0 Å². The van der Waals surface area contributed by atoms with Crippen LogP contribution in [0.1, 0.15) is 22.5 Å². The Labute approximate surface area is 170 Å². The molecule has 2 aromatic carbocycles. The van der Waals surface area contributed by atoms with Gasteiger partial charge in [0.15, 0.2) is 0 Å². The second kappa shape index (κ2) is 8.08. The molecule has 0 unspecified atom stereocenters. The first-order valence-electron chi connectivity index (χ1n) is 8.96. The number of nitrogens with one attached hydrogen (secondary N) is 1. The maximum absolute atomic E-state index is 12.9. The fourth-order valence-electron chi connectivity index (χ4n) is 2.78. The van der Waals surface area contributed by atoms with Gasteiger partial charge in [-0.25, -0.2) is 18.4 Å². The minimum absolute atomic E-state index is 0.0899. The van der Waals surface area contributed by atoms with Crippen LogP contribution < -0.4 is 14.2 Å². The smallest absolute Gasteiger partial charge is 0.322 e. The number of benzene rings is 2. The number of aromatic nitrogens is 2. The maximum Gasteiger partial charge on any atom is 0.322 e. The van der Waals surface area contributed by atoms with Crippen LogP contribution in [-0.2, 0) is 10.0 Å². The number of aryl methyl sites for hydroxylation is 4. The van der Waals surface area contributed by atoms with Crippen molar-refractivity contribution in [3.05, 3.63) is 65.0 Å². The lowest BCUT2D eigenvalue weighted by atomic mass is 10.1. The fraction of sp³-hybridized carbons (Fsp3) is 0.238. The third-order valence-electron chi connectivity index (χ3n) is 4.35. The maximum atomic E-state index is 12.9. The Morgan fingerprint density at radius 1 is 0.862 bits per heavy atom. The van der Waals surface area contributed by atoms with Crippen LogP contribution in [0, 0.1) is 27.7 Å². The quantitative estimate of drug-likeness (QED) is 0.647. The van der Waals surface area contributed by atoms with E-state index in [1.807, 2.05) is 33.8 Å². The van der Waals surface area contributed by atoms with Crippen molar-refractivity contribution in [1.29, 1.82) is 0 Å². The molecule has 152 valence electrons. The standard InChI is InChI=1S/C21H23N3O4S/c1-13-10-19(27-5)20(11-14(13)2)29(25,26)24-17-6-8-18(9-7-17)28-21-22-15(3)12-16(4)23-21/h6-12,24H,1-5H3. The first-order valence-corrected chi connectivity index (χ1v) is 10.4. The predicted molar refractivity (Wildman–Crippen MR) is 111 cm³/mol. The van der Waals surface area contributed by atoms with E-state index in [1.54, 1.807) is 36.4 Å². The number of anilines is 1. The number of hydrogen-bond donors (Lipinski definition) is 1. The Morgan fingerprint density at radius 3 is 2.03 bits per heavy atom. The van der Waals surface area contributed by atoms with Crippen LogP contribution in [0.3, 0.4) is 0 Å². The van der Waals surface area contributed by atoms with Gasteiger partial charge in [-0.1, -0.05) is 0 Å². The van der Waals surface area contributed by atoms with Gasteiger partial charge in [-0.15, -0.1) is 0 Å². The van der Waals surface area contributed by atoms with Crippen LogP contribution in [0.5, 0.6) is 17.5 Å². The highest BCUT2D eigenvalue weighted by atomic mass is 32.2. The minimum Gasteiger partial charge on any atom is -0.495 e. The second-order valence-electron chi connectivity index (χ2n) is 6.75.